The molecule has 0 aromatic carbocycles. The zero-order valence-corrected chi connectivity index (χ0v) is 18.0. The van der Waals surface area contributed by atoms with E-state index in [0.717, 1.165) is 30.0 Å². The summed E-state index contributed by atoms with van der Waals surface area (Å²) in [6.45, 7) is 4.38. The van der Waals surface area contributed by atoms with Gasteiger partial charge in [-0.3, -0.25) is 14.6 Å². The first-order chi connectivity index (χ1) is 14.5. The van der Waals surface area contributed by atoms with Crippen molar-refractivity contribution in [3.05, 3.63) is 45.0 Å². The van der Waals surface area contributed by atoms with Gasteiger partial charge in [-0.15, -0.1) is 5.10 Å². The lowest BCUT2D eigenvalue weighted by Crippen LogP contribution is -2.47. The Hall–Kier alpha value is -2.40. The fourth-order valence-corrected chi connectivity index (χ4v) is 3.94. The molecule has 1 aliphatic heterocycles. The van der Waals surface area contributed by atoms with Crippen LogP contribution in [0.25, 0.3) is 0 Å². The molecule has 1 fully saturated rings. The van der Waals surface area contributed by atoms with E-state index in [9.17, 15) is 14.4 Å². The van der Waals surface area contributed by atoms with Crippen molar-refractivity contribution in [1.82, 2.24) is 29.4 Å². The maximum atomic E-state index is 12.6. The van der Waals surface area contributed by atoms with Crippen molar-refractivity contribution in [2.45, 2.75) is 45.4 Å². The molecule has 10 nitrogen and oxygen atoms in total. The molecule has 1 saturated heterocycles. The van der Waals surface area contributed by atoms with Gasteiger partial charge in [0, 0.05) is 44.5 Å². The van der Waals surface area contributed by atoms with Crippen LogP contribution in [0.15, 0.2) is 28.0 Å². The van der Waals surface area contributed by atoms with Gasteiger partial charge in [-0.25, -0.2) is 9.48 Å². The van der Waals surface area contributed by atoms with E-state index in [1.54, 1.807) is 9.58 Å². The van der Waals surface area contributed by atoms with Gasteiger partial charge in [0.05, 0.1) is 24.9 Å². The third kappa shape index (κ3) is 6.56. The molecule has 0 radical (unpaired) electrons. The SMILES string of the molecule is CCSCCCc1cn(CC2CN(C(=O)CCn3ccc(=O)[nH]c3=O)CCO2)nn1. The average Bonchev–Trinajstić information content (AvgIpc) is 3.18. The fraction of sp³-hybridized carbons (Fsp3) is 0.632. The molecule has 30 heavy (non-hydrogen) atoms. The maximum absolute atomic E-state index is 12.6. The van der Waals surface area contributed by atoms with Crippen LogP contribution in [0.5, 0.6) is 0 Å². The second kappa shape index (κ2) is 11.1. The number of aromatic amines is 1. The Morgan fingerprint density at radius 1 is 1.40 bits per heavy atom. The first-order valence-corrected chi connectivity index (χ1v) is 11.4. The molecule has 1 aliphatic rings. The molecule has 0 aliphatic carbocycles. The highest BCUT2D eigenvalue weighted by Crippen LogP contribution is 2.10. The Labute approximate surface area is 178 Å². The summed E-state index contributed by atoms with van der Waals surface area (Å²) >= 11 is 1.92. The largest absolute Gasteiger partial charge is 0.373 e. The van der Waals surface area contributed by atoms with Gasteiger partial charge in [0.15, 0.2) is 0 Å². The first kappa shape index (κ1) is 22.3. The van der Waals surface area contributed by atoms with Gasteiger partial charge >= 0.3 is 5.69 Å². The molecular formula is C19H28N6O4S. The number of hydrogen-bond acceptors (Lipinski definition) is 7. The van der Waals surface area contributed by atoms with Gasteiger partial charge in [-0.1, -0.05) is 12.1 Å². The number of rotatable bonds is 10. The monoisotopic (exact) mass is 436 g/mol. The third-order valence-corrected chi connectivity index (χ3v) is 5.84. The Morgan fingerprint density at radius 3 is 3.07 bits per heavy atom. The van der Waals surface area contributed by atoms with E-state index >= 15 is 0 Å². The second-order valence-electron chi connectivity index (χ2n) is 7.12. The molecule has 1 atom stereocenters. The van der Waals surface area contributed by atoms with E-state index in [-0.39, 0.29) is 25.0 Å². The van der Waals surface area contributed by atoms with Gasteiger partial charge in [0.25, 0.3) is 5.56 Å². The maximum Gasteiger partial charge on any atom is 0.328 e. The molecule has 0 spiro atoms. The van der Waals surface area contributed by atoms with Gasteiger partial charge in [0.2, 0.25) is 5.91 Å². The van der Waals surface area contributed by atoms with Gasteiger partial charge < -0.3 is 14.2 Å². The molecule has 11 heteroatoms. The fourth-order valence-electron chi connectivity index (χ4n) is 3.30. The van der Waals surface area contributed by atoms with E-state index in [2.05, 4.69) is 22.2 Å². The smallest absolute Gasteiger partial charge is 0.328 e. The predicted octanol–water partition coefficient (Wildman–Crippen LogP) is 0.132. The molecule has 0 saturated carbocycles. The van der Waals surface area contributed by atoms with Crippen molar-refractivity contribution in [1.29, 1.82) is 0 Å². The molecule has 3 heterocycles. The topological polar surface area (TPSA) is 115 Å². The molecular weight excluding hydrogens is 408 g/mol. The number of ether oxygens (including phenoxy) is 1. The van der Waals surface area contributed by atoms with E-state index < -0.39 is 11.2 Å². The van der Waals surface area contributed by atoms with Gasteiger partial charge in [-0.2, -0.15) is 11.8 Å². The second-order valence-corrected chi connectivity index (χ2v) is 8.51. The summed E-state index contributed by atoms with van der Waals surface area (Å²) in [5, 5.41) is 8.40. The number of hydrogen-bond donors (Lipinski definition) is 1. The lowest BCUT2D eigenvalue weighted by Gasteiger charge is -2.33. The molecule has 3 rings (SSSR count). The Kier molecular flexibility index (Phi) is 8.26. The molecule has 1 amide bonds. The quantitative estimate of drug-likeness (QED) is 0.527. The van der Waals surface area contributed by atoms with Crippen molar-refractivity contribution in [3.8, 4) is 0 Å². The van der Waals surface area contributed by atoms with Crippen LogP contribution in [0, 0.1) is 0 Å². The minimum Gasteiger partial charge on any atom is -0.373 e. The number of aromatic nitrogens is 5. The van der Waals surface area contributed by atoms with Crippen LogP contribution in [0.3, 0.4) is 0 Å². The summed E-state index contributed by atoms with van der Waals surface area (Å²) < 4.78 is 8.90. The van der Waals surface area contributed by atoms with Crippen LogP contribution in [-0.4, -0.2) is 72.7 Å². The van der Waals surface area contributed by atoms with E-state index in [0.29, 0.717) is 26.2 Å². The molecule has 1 unspecified atom stereocenters. The number of aryl methyl sites for hydroxylation is 2. The van der Waals surface area contributed by atoms with Crippen molar-refractivity contribution >= 4 is 17.7 Å². The van der Waals surface area contributed by atoms with Crippen molar-refractivity contribution in [2.75, 3.05) is 31.2 Å². The number of thioether (sulfide) groups is 1. The summed E-state index contributed by atoms with van der Waals surface area (Å²) in [7, 11) is 0. The highest BCUT2D eigenvalue weighted by atomic mass is 32.2. The number of carbonyl (C=O) groups excluding carboxylic acids is 1. The number of H-pyrrole nitrogens is 1. The summed E-state index contributed by atoms with van der Waals surface area (Å²) in [4.78, 5) is 39.4. The van der Waals surface area contributed by atoms with Crippen molar-refractivity contribution < 1.29 is 9.53 Å². The number of amides is 1. The van der Waals surface area contributed by atoms with E-state index in [4.69, 9.17) is 4.74 Å². The highest BCUT2D eigenvalue weighted by molar-refractivity contribution is 7.99. The number of morpholine rings is 1. The molecule has 1 N–H and O–H groups in total. The number of carbonyl (C=O) groups is 1. The minimum atomic E-state index is -0.509. The van der Waals surface area contributed by atoms with Gasteiger partial charge in [0.1, 0.15) is 0 Å². The lowest BCUT2D eigenvalue weighted by atomic mass is 10.2. The molecule has 2 aromatic heterocycles. The van der Waals surface area contributed by atoms with Crippen molar-refractivity contribution in [3.63, 3.8) is 0 Å². The molecule has 0 bridgehead atoms. The van der Waals surface area contributed by atoms with Crippen molar-refractivity contribution in [2.24, 2.45) is 0 Å². The Bertz CT molecular complexity index is 939. The Morgan fingerprint density at radius 2 is 2.27 bits per heavy atom. The number of nitrogens with zero attached hydrogens (tertiary/aromatic N) is 5. The normalized spacial score (nSPS) is 16.7. The summed E-state index contributed by atoms with van der Waals surface area (Å²) in [6, 6.07) is 1.27. The summed E-state index contributed by atoms with van der Waals surface area (Å²) in [5.41, 5.74) is 0.0157. The predicted molar refractivity (Wildman–Crippen MR) is 114 cm³/mol. The van der Waals surface area contributed by atoms with E-state index in [1.807, 2.05) is 18.0 Å². The van der Waals surface area contributed by atoms with Crippen LogP contribution in [0.2, 0.25) is 0 Å². The van der Waals surface area contributed by atoms with E-state index in [1.165, 1.54) is 16.8 Å². The van der Waals surface area contributed by atoms with Crippen LogP contribution in [0.4, 0.5) is 0 Å². The third-order valence-electron chi connectivity index (χ3n) is 4.86. The minimum absolute atomic E-state index is 0.0471. The van der Waals surface area contributed by atoms with Gasteiger partial charge in [-0.05, 0) is 24.3 Å². The summed E-state index contributed by atoms with van der Waals surface area (Å²) in [5.74, 6) is 2.20. The number of nitrogens with one attached hydrogen (secondary N) is 1. The zero-order valence-electron chi connectivity index (χ0n) is 17.2. The first-order valence-electron chi connectivity index (χ1n) is 10.2. The average molecular weight is 437 g/mol. The Balaban J connectivity index is 1.46. The van der Waals surface area contributed by atoms with Crippen LogP contribution in [-0.2, 0) is 29.0 Å². The highest BCUT2D eigenvalue weighted by Gasteiger charge is 2.24. The van der Waals surface area contributed by atoms with Crippen LogP contribution in [0.1, 0.15) is 25.5 Å². The molecule has 2 aromatic rings. The van der Waals surface area contributed by atoms with Crippen LogP contribution >= 0.6 is 11.8 Å². The lowest BCUT2D eigenvalue weighted by molar-refractivity contribution is -0.139. The molecule has 164 valence electrons. The van der Waals surface area contributed by atoms with Crippen LogP contribution < -0.4 is 11.2 Å². The zero-order chi connectivity index (χ0) is 21.3. The summed E-state index contributed by atoms with van der Waals surface area (Å²) in [6.07, 6.45) is 5.37. The standard InChI is InChI=1S/C19H28N6O4S/c1-2-30-11-3-4-15-12-25(22-21-15)14-16-13-24(9-10-29-16)18(27)6-8-23-7-5-17(26)20-19(23)28/h5,7,12,16H,2-4,6,8-11,13-14H2,1H3,(H,20,26,28).